The lowest BCUT2D eigenvalue weighted by Gasteiger charge is -2.38. The minimum Gasteiger partial charge on any atom is -0.507 e. The number of hydrogen-bond donors (Lipinski definition) is 2. The van der Waals surface area contributed by atoms with Gasteiger partial charge in [-0.3, -0.25) is 9.59 Å². The number of benzene rings is 2. The van der Waals surface area contributed by atoms with Crippen LogP contribution in [0.15, 0.2) is 36.9 Å². The number of piperazine rings is 1. The fourth-order valence-electron chi connectivity index (χ4n) is 4.77. The number of carbonyl (C=O) groups is 2. The first-order valence-corrected chi connectivity index (χ1v) is 11.4. The van der Waals surface area contributed by atoms with Crippen molar-refractivity contribution >= 4 is 40.0 Å². The van der Waals surface area contributed by atoms with Crippen molar-refractivity contribution in [2.75, 3.05) is 31.1 Å². The van der Waals surface area contributed by atoms with Gasteiger partial charge in [-0.1, -0.05) is 24.2 Å². The van der Waals surface area contributed by atoms with Crippen molar-refractivity contribution in [2.45, 2.75) is 13.0 Å². The summed E-state index contributed by atoms with van der Waals surface area (Å²) in [6, 6.07) is 5.18. The SMILES string of the molecule is C=CC(=O)N1CCN(c2c3c(nc4c(F)c(-c5c(O)cccc5F)c(Cl)cc24)CNC(=O)C3)CC1. The number of rotatable bonds is 3. The van der Waals surface area contributed by atoms with E-state index in [1.807, 2.05) is 4.90 Å². The molecule has 0 atom stereocenters. The lowest BCUT2D eigenvalue weighted by molar-refractivity contribution is -0.126. The van der Waals surface area contributed by atoms with Gasteiger partial charge in [-0.25, -0.2) is 13.8 Å². The van der Waals surface area contributed by atoms with E-state index in [4.69, 9.17) is 11.6 Å². The molecule has 2 aliphatic rings. The molecule has 1 saturated heterocycles. The van der Waals surface area contributed by atoms with Gasteiger partial charge >= 0.3 is 0 Å². The van der Waals surface area contributed by atoms with Gasteiger partial charge in [-0.2, -0.15) is 0 Å². The topological polar surface area (TPSA) is 85.8 Å². The Morgan fingerprint density at radius 3 is 2.63 bits per heavy atom. The molecule has 2 amide bonds. The summed E-state index contributed by atoms with van der Waals surface area (Å²) in [5, 5.41) is 13.3. The van der Waals surface area contributed by atoms with E-state index < -0.39 is 17.4 Å². The summed E-state index contributed by atoms with van der Waals surface area (Å²) < 4.78 is 30.6. The second kappa shape index (κ2) is 8.81. The molecule has 2 aromatic carbocycles. The largest absolute Gasteiger partial charge is 0.507 e. The minimum absolute atomic E-state index is 0.0402. The quantitative estimate of drug-likeness (QED) is 0.539. The van der Waals surface area contributed by atoms with Gasteiger partial charge in [0.1, 0.15) is 17.1 Å². The van der Waals surface area contributed by atoms with Crippen LogP contribution < -0.4 is 10.2 Å². The fourth-order valence-corrected chi connectivity index (χ4v) is 5.05. The normalized spacial score (nSPS) is 15.7. The van der Waals surface area contributed by atoms with Crippen molar-refractivity contribution < 1.29 is 23.5 Å². The third-order valence-corrected chi connectivity index (χ3v) is 6.74. The summed E-state index contributed by atoms with van der Waals surface area (Å²) in [5.41, 5.74) is 1.12. The highest BCUT2D eigenvalue weighted by Gasteiger charge is 2.31. The lowest BCUT2D eigenvalue weighted by Crippen LogP contribution is -2.49. The third kappa shape index (κ3) is 3.85. The maximum atomic E-state index is 16.0. The summed E-state index contributed by atoms with van der Waals surface area (Å²) in [5.74, 6) is -2.49. The maximum Gasteiger partial charge on any atom is 0.246 e. The van der Waals surface area contributed by atoms with Crippen LogP contribution in [0.2, 0.25) is 5.02 Å². The van der Waals surface area contributed by atoms with E-state index in [9.17, 15) is 19.1 Å². The van der Waals surface area contributed by atoms with Crippen LogP contribution in [-0.2, 0) is 22.6 Å². The van der Waals surface area contributed by atoms with Crippen molar-refractivity contribution in [3.63, 3.8) is 0 Å². The van der Waals surface area contributed by atoms with Gasteiger partial charge < -0.3 is 20.2 Å². The molecular weight excluding hydrogens is 478 g/mol. The second-order valence-corrected chi connectivity index (χ2v) is 8.84. The Morgan fingerprint density at radius 1 is 1.20 bits per heavy atom. The Hall–Kier alpha value is -3.72. The average Bonchev–Trinajstić information content (AvgIpc) is 2.84. The number of nitrogens with one attached hydrogen (secondary N) is 1. The number of aromatic nitrogens is 1. The number of halogens is 3. The number of pyridine rings is 1. The Labute approximate surface area is 204 Å². The first-order chi connectivity index (χ1) is 16.8. The highest BCUT2D eigenvalue weighted by Crippen LogP contribution is 2.44. The first kappa shape index (κ1) is 23.0. The molecule has 1 aromatic heterocycles. The van der Waals surface area contributed by atoms with E-state index in [0.717, 1.165) is 6.07 Å². The summed E-state index contributed by atoms with van der Waals surface area (Å²) in [6.07, 6.45) is 1.33. The van der Waals surface area contributed by atoms with E-state index in [0.29, 0.717) is 48.5 Å². The zero-order chi connectivity index (χ0) is 24.9. The number of anilines is 1. The first-order valence-electron chi connectivity index (χ1n) is 11.0. The van der Waals surface area contributed by atoms with Gasteiger partial charge in [-0.05, 0) is 24.3 Å². The van der Waals surface area contributed by atoms with Gasteiger partial charge in [0.05, 0.1) is 34.9 Å². The molecule has 3 aromatic rings. The van der Waals surface area contributed by atoms with Gasteiger partial charge in [0, 0.05) is 42.7 Å². The van der Waals surface area contributed by atoms with E-state index in [2.05, 4.69) is 16.9 Å². The molecule has 2 aliphatic heterocycles. The van der Waals surface area contributed by atoms with Crippen LogP contribution in [0.4, 0.5) is 14.5 Å². The van der Waals surface area contributed by atoms with Gasteiger partial charge in [0.25, 0.3) is 0 Å². The summed E-state index contributed by atoms with van der Waals surface area (Å²) in [6.45, 7) is 5.39. The standard InChI is InChI=1S/C25H21ClF2N4O3/c1-2-20(35)31-6-8-32(9-7-31)25-13-11-19(34)29-12-17(13)30-24-14(25)10-15(26)21(23(24)28)22-16(27)4-3-5-18(22)33/h2-5,10,33H,1,6-9,11-12H2,(H,29,34). The number of phenolic OH excluding ortho intramolecular Hbond substituents is 1. The van der Waals surface area contributed by atoms with Gasteiger partial charge in [0.15, 0.2) is 5.82 Å². The Bertz CT molecular complexity index is 1380. The molecule has 35 heavy (non-hydrogen) atoms. The molecule has 180 valence electrons. The predicted molar refractivity (Wildman–Crippen MR) is 128 cm³/mol. The Kier molecular flexibility index (Phi) is 5.80. The maximum absolute atomic E-state index is 16.0. The molecule has 7 nitrogen and oxygen atoms in total. The number of nitrogens with zero attached hydrogens (tertiary/aromatic N) is 3. The van der Waals surface area contributed by atoms with Crippen molar-refractivity contribution in [3.05, 3.63) is 64.8 Å². The highest BCUT2D eigenvalue weighted by molar-refractivity contribution is 6.34. The van der Waals surface area contributed by atoms with E-state index >= 15 is 4.39 Å². The molecule has 1 fully saturated rings. The van der Waals surface area contributed by atoms with Crippen molar-refractivity contribution in [3.8, 4) is 16.9 Å². The van der Waals surface area contributed by atoms with Crippen molar-refractivity contribution in [2.24, 2.45) is 0 Å². The zero-order valence-electron chi connectivity index (χ0n) is 18.6. The summed E-state index contributed by atoms with van der Waals surface area (Å²) >= 11 is 6.49. The number of fused-ring (bicyclic) bond motifs is 2. The molecule has 5 rings (SSSR count). The van der Waals surface area contributed by atoms with Crippen LogP contribution in [-0.4, -0.2) is 53.0 Å². The van der Waals surface area contributed by atoms with Crippen LogP contribution in [0.3, 0.4) is 0 Å². The summed E-state index contributed by atoms with van der Waals surface area (Å²) in [7, 11) is 0. The second-order valence-electron chi connectivity index (χ2n) is 8.43. The Morgan fingerprint density at radius 2 is 1.94 bits per heavy atom. The molecule has 0 unspecified atom stereocenters. The fraction of sp³-hybridized carbons (Fsp3) is 0.240. The van der Waals surface area contributed by atoms with E-state index in [-0.39, 0.29) is 46.4 Å². The highest BCUT2D eigenvalue weighted by atomic mass is 35.5. The molecule has 0 saturated carbocycles. The molecule has 0 bridgehead atoms. The van der Waals surface area contributed by atoms with Crippen LogP contribution in [0.25, 0.3) is 22.0 Å². The molecule has 0 spiro atoms. The molecule has 3 heterocycles. The zero-order valence-corrected chi connectivity index (χ0v) is 19.3. The molecule has 10 heteroatoms. The monoisotopic (exact) mass is 498 g/mol. The number of phenols is 1. The number of hydrogen-bond acceptors (Lipinski definition) is 5. The summed E-state index contributed by atoms with van der Waals surface area (Å²) in [4.78, 5) is 32.4. The van der Waals surface area contributed by atoms with E-state index in [1.165, 1.54) is 24.3 Å². The number of aromatic hydroxyl groups is 1. The Balaban J connectivity index is 1.72. The lowest BCUT2D eigenvalue weighted by atomic mass is 9.95. The van der Waals surface area contributed by atoms with Crippen molar-refractivity contribution in [1.82, 2.24) is 15.2 Å². The molecule has 2 N–H and O–H groups in total. The van der Waals surface area contributed by atoms with Crippen LogP contribution in [0.1, 0.15) is 11.3 Å². The van der Waals surface area contributed by atoms with Crippen molar-refractivity contribution in [1.29, 1.82) is 0 Å². The molecular formula is C25H21ClF2N4O3. The molecule has 0 aliphatic carbocycles. The number of amides is 2. The van der Waals surface area contributed by atoms with Crippen LogP contribution in [0.5, 0.6) is 5.75 Å². The third-order valence-electron chi connectivity index (χ3n) is 6.44. The minimum atomic E-state index is -0.866. The van der Waals surface area contributed by atoms with Gasteiger partial charge in [0.2, 0.25) is 11.8 Å². The van der Waals surface area contributed by atoms with Crippen LogP contribution in [0, 0.1) is 11.6 Å². The smallest absolute Gasteiger partial charge is 0.246 e. The van der Waals surface area contributed by atoms with E-state index in [1.54, 1.807) is 4.90 Å². The average molecular weight is 499 g/mol. The van der Waals surface area contributed by atoms with Crippen LogP contribution >= 0.6 is 11.6 Å². The number of carbonyl (C=O) groups excluding carboxylic acids is 2. The molecule has 0 radical (unpaired) electrons. The van der Waals surface area contributed by atoms with Gasteiger partial charge in [-0.15, -0.1) is 0 Å². The predicted octanol–water partition coefficient (Wildman–Crippen LogP) is 3.55.